The number of aromatic nitrogens is 5. The van der Waals surface area contributed by atoms with Crippen LogP contribution in [0, 0.1) is 0 Å². The van der Waals surface area contributed by atoms with Crippen LogP contribution in [-0.2, 0) is 0 Å². The number of rotatable bonds is 3. The number of aliphatic hydroxyl groups excluding tert-OH is 1. The molecular formula is C16H18N6O2. The lowest BCUT2D eigenvalue weighted by atomic mass is 9.93. The van der Waals surface area contributed by atoms with Crippen LogP contribution in [0.3, 0.4) is 0 Å². The molecule has 1 saturated carbocycles. The summed E-state index contributed by atoms with van der Waals surface area (Å²) in [7, 11) is 0. The van der Waals surface area contributed by atoms with Gasteiger partial charge in [0.2, 0.25) is 5.95 Å². The lowest BCUT2D eigenvalue weighted by Gasteiger charge is -2.26. The van der Waals surface area contributed by atoms with Gasteiger partial charge in [0.25, 0.3) is 5.91 Å². The van der Waals surface area contributed by atoms with Crippen molar-refractivity contribution in [2.45, 2.75) is 37.8 Å². The van der Waals surface area contributed by atoms with Gasteiger partial charge in [-0.25, -0.2) is 15.0 Å². The average molecular weight is 326 g/mol. The smallest absolute Gasteiger partial charge is 0.272 e. The number of H-pyrrole nitrogens is 1. The third-order valence-corrected chi connectivity index (χ3v) is 4.38. The van der Waals surface area contributed by atoms with Gasteiger partial charge in [0.15, 0.2) is 5.69 Å². The summed E-state index contributed by atoms with van der Waals surface area (Å²) in [5.74, 6) is 0.177. The zero-order chi connectivity index (χ0) is 16.5. The monoisotopic (exact) mass is 326 g/mol. The number of amides is 1. The minimum atomic E-state index is -0.250. The number of carbonyl (C=O) groups is 1. The third-order valence-electron chi connectivity index (χ3n) is 4.38. The molecule has 1 fully saturated rings. The van der Waals surface area contributed by atoms with E-state index < -0.39 is 0 Å². The first-order valence-corrected chi connectivity index (χ1v) is 8.03. The molecule has 3 aromatic rings. The van der Waals surface area contributed by atoms with E-state index in [0.29, 0.717) is 35.5 Å². The summed E-state index contributed by atoms with van der Waals surface area (Å²) in [6, 6.07) is 1.88. The largest absolute Gasteiger partial charge is 0.393 e. The van der Waals surface area contributed by atoms with Gasteiger partial charge < -0.3 is 15.4 Å². The van der Waals surface area contributed by atoms with Crippen molar-refractivity contribution in [3.63, 3.8) is 0 Å². The van der Waals surface area contributed by atoms with Crippen LogP contribution < -0.4 is 5.32 Å². The molecule has 0 saturated heterocycles. The molecule has 4 rings (SSSR count). The van der Waals surface area contributed by atoms with Crippen LogP contribution in [0.1, 0.15) is 36.2 Å². The molecule has 1 aliphatic rings. The van der Waals surface area contributed by atoms with Crippen molar-refractivity contribution < 1.29 is 9.90 Å². The Kier molecular flexibility index (Phi) is 3.73. The molecule has 0 aromatic carbocycles. The molecule has 0 spiro atoms. The molecule has 8 nitrogen and oxygen atoms in total. The lowest BCUT2D eigenvalue weighted by molar-refractivity contribution is 0.0864. The van der Waals surface area contributed by atoms with E-state index in [-0.39, 0.29) is 18.1 Å². The summed E-state index contributed by atoms with van der Waals surface area (Å²) in [5.41, 5.74) is 1.62. The Morgan fingerprint density at radius 1 is 1.29 bits per heavy atom. The number of fused-ring (bicyclic) bond motifs is 1. The second-order valence-corrected chi connectivity index (χ2v) is 6.06. The maximum absolute atomic E-state index is 12.7. The maximum Gasteiger partial charge on any atom is 0.272 e. The molecule has 24 heavy (non-hydrogen) atoms. The number of carbonyl (C=O) groups excluding carboxylic acids is 1. The molecule has 0 unspecified atom stereocenters. The topological polar surface area (TPSA) is 109 Å². The maximum atomic E-state index is 12.7. The van der Waals surface area contributed by atoms with Gasteiger partial charge in [-0.05, 0) is 31.7 Å². The van der Waals surface area contributed by atoms with E-state index in [1.165, 1.54) is 0 Å². The SMILES string of the molecule is O=C(N[C@H]1CC[C@H](O)CC1)c1nc(-n2ccnc2)nc2cc[nH]c12. The number of hydrogen-bond acceptors (Lipinski definition) is 5. The molecule has 0 bridgehead atoms. The zero-order valence-electron chi connectivity index (χ0n) is 13.0. The predicted molar refractivity (Wildman–Crippen MR) is 86.7 cm³/mol. The minimum absolute atomic E-state index is 0.0672. The molecule has 3 aromatic heterocycles. The van der Waals surface area contributed by atoms with Crippen molar-refractivity contribution in [3.8, 4) is 5.95 Å². The quantitative estimate of drug-likeness (QED) is 0.669. The molecule has 0 atom stereocenters. The highest BCUT2D eigenvalue weighted by Gasteiger charge is 2.23. The number of imidazole rings is 1. The summed E-state index contributed by atoms with van der Waals surface area (Å²) in [6.45, 7) is 0. The average Bonchev–Trinajstić information content (AvgIpc) is 3.27. The van der Waals surface area contributed by atoms with E-state index in [2.05, 4.69) is 25.3 Å². The van der Waals surface area contributed by atoms with Crippen LogP contribution in [0.2, 0.25) is 0 Å². The van der Waals surface area contributed by atoms with Gasteiger partial charge in [-0.2, -0.15) is 0 Å². The first-order valence-electron chi connectivity index (χ1n) is 8.03. The zero-order valence-corrected chi connectivity index (χ0v) is 13.0. The van der Waals surface area contributed by atoms with Crippen LogP contribution in [0.15, 0.2) is 31.0 Å². The lowest BCUT2D eigenvalue weighted by Crippen LogP contribution is -2.39. The Morgan fingerprint density at radius 3 is 2.88 bits per heavy atom. The fourth-order valence-electron chi connectivity index (χ4n) is 3.06. The van der Waals surface area contributed by atoms with Crippen LogP contribution in [0.4, 0.5) is 0 Å². The minimum Gasteiger partial charge on any atom is -0.393 e. The van der Waals surface area contributed by atoms with E-state index in [0.717, 1.165) is 12.8 Å². The third kappa shape index (κ3) is 2.76. The van der Waals surface area contributed by atoms with Gasteiger partial charge in [0.05, 0.1) is 17.1 Å². The summed E-state index contributed by atoms with van der Waals surface area (Å²) >= 11 is 0. The van der Waals surface area contributed by atoms with Crippen LogP contribution >= 0.6 is 0 Å². The summed E-state index contributed by atoms with van der Waals surface area (Å²) in [5, 5.41) is 12.6. The second-order valence-electron chi connectivity index (χ2n) is 6.06. The van der Waals surface area contributed by atoms with Gasteiger partial charge in [0.1, 0.15) is 6.33 Å². The number of hydrogen-bond donors (Lipinski definition) is 3. The van der Waals surface area contributed by atoms with E-state index >= 15 is 0 Å². The molecule has 0 radical (unpaired) electrons. The highest BCUT2D eigenvalue weighted by atomic mass is 16.3. The van der Waals surface area contributed by atoms with E-state index in [9.17, 15) is 9.90 Å². The predicted octanol–water partition coefficient (Wildman–Crippen LogP) is 1.18. The van der Waals surface area contributed by atoms with Crippen molar-refractivity contribution >= 4 is 16.9 Å². The van der Waals surface area contributed by atoms with E-state index in [1.54, 1.807) is 29.5 Å². The Morgan fingerprint density at radius 2 is 2.12 bits per heavy atom. The molecule has 1 amide bonds. The Labute approximate surface area is 138 Å². The van der Waals surface area contributed by atoms with Crippen molar-refractivity contribution in [1.29, 1.82) is 0 Å². The molecule has 3 heterocycles. The molecule has 124 valence electrons. The summed E-state index contributed by atoms with van der Waals surface area (Å²) < 4.78 is 1.67. The van der Waals surface area contributed by atoms with Crippen molar-refractivity contribution in [2.24, 2.45) is 0 Å². The molecule has 1 aliphatic carbocycles. The molecule has 3 N–H and O–H groups in total. The normalized spacial score (nSPS) is 21.0. The highest BCUT2D eigenvalue weighted by molar-refractivity contribution is 6.03. The van der Waals surface area contributed by atoms with Crippen molar-refractivity contribution in [3.05, 3.63) is 36.7 Å². The van der Waals surface area contributed by atoms with E-state index in [1.807, 2.05) is 6.07 Å². The summed E-state index contributed by atoms with van der Waals surface area (Å²) in [4.78, 5) is 28.6. The van der Waals surface area contributed by atoms with E-state index in [4.69, 9.17) is 0 Å². The molecular weight excluding hydrogens is 308 g/mol. The Bertz CT molecular complexity index is 849. The van der Waals surface area contributed by atoms with Crippen LogP contribution in [0.25, 0.3) is 17.0 Å². The van der Waals surface area contributed by atoms with Crippen LogP contribution in [0.5, 0.6) is 0 Å². The van der Waals surface area contributed by atoms with Crippen molar-refractivity contribution in [1.82, 2.24) is 29.8 Å². The molecule has 0 aliphatic heterocycles. The summed E-state index contributed by atoms with van der Waals surface area (Å²) in [6.07, 6.45) is 9.44. The van der Waals surface area contributed by atoms with Gasteiger partial charge >= 0.3 is 0 Å². The second kappa shape index (κ2) is 6.04. The Hall–Kier alpha value is -2.74. The standard InChI is InChI=1S/C16H18N6O2/c23-11-3-1-10(2-4-11)19-15(24)14-13-12(5-6-18-13)20-16(21-14)22-8-7-17-9-22/h5-11,18,23H,1-4H2,(H,19,24)/t10-,11-. The van der Waals surface area contributed by atoms with Gasteiger partial charge in [-0.15, -0.1) is 0 Å². The number of nitrogens with zero attached hydrogens (tertiary/aromatic N) is 4. The first kappa shape index (κ1) is 14.8. The van der Waals surface area contributed by atoms with Gasteiger partial charge in [0, 0.05) is 24.6 Å². The number of aromatic amines is 1. The fourth-order valence-corrected chi connectivity index (χ4v) is 3.06. The van der Waals surface area contributed by atoms with Gasteiger partial charge in [-0.1, -0.05) is 0 Å². The molecule has 8 heteroatoms. The first-order chi connectivity index (χ1) is 11.7. The Balaban J connectivity index is 1.65. The van der Waals surface area contributed by atoms with Crippen LogP contribution in [-0.4, -0.2) is 47.7 Å². The number of nitrogens with one attached hydrogen (secondary N) is 2. The number of aliphatic hydroxyl groups is 1. The highest BCUT2D eigenvalue weighted by Crippen LogP contribution is 2.20. The van der Waals surface area contributed by atoms with Gasteiger partial charge in [-0.3, -0.25) is 9.36 Å². The van der Waals surface area contributed by atoms with Crippen molar-refractivity contribution in [2.75, 3.05) is 0 Å². The fraction of sp³-hybridized carbons (Fsp3) is 0.375.